The van der Waals surface area contributed by atoms with Gasteiger partial charge in [-0.15, -0.1) is 6.42 Å². The Balaban J connectivity index is 2.94. The summed E-state index contributed by atoms with van der Waals surface area (Å²) in [7, 11) is 0. The van der Waals surface area contributed by atoms with E-state index in [0.717, 1.165) is 0 Å². The van der Waals surface area contributed by atoms with Crippen molar-refractivity contribution in [2.24, 2.45) is 0 Å². The number of alkyl halides is 1. The van der Waals surface area contributed by atoms with E-state index in [2.05, 4.69) is 5.92 Å². The van der Waals surface area contributed by atoms with Crippen molar-refractivity contribution in [2.75, 3.05) is 0 Å². The molecule has 11 heavy (non-hydrogen) atoms. The lowest BCUT2D eigenvalue weighted by Crippen LogP contribution is -2.07. The number of allylic oxidation sites excluding steroid dienone is 6. The smallest absolute Gasteiger partial charge is 0.145 e. The molecule has 0 heterocycles. The molecule has 0 nitrogen and oxygen atoms in total. The molecule has 0 N–H and O–H groups in total. The van der Waals surface area contributed by atoms with Crippen LogP contribution < -0.4 is 0 Å². The predicted molar refractivity (Wildman–Crippen MR) is 44.7 cm³/mol. The monoisotopic (exact) mass is 148 g/mol. The zero-order valence-corrected chi connectivity index (χ0v) is 6.34. The second kappa shape index (κ2) is 2.75. The molecule has 1 aliphatic rings. The van der Waals surface area contributed by atoms with Crippen LogP contribution in [0.4, 0.5) is 4.39 Å². The number of halogens is 1. The van der Waals surface area contributed by atoms with Crippen molar-refractivity contribution in [1.29, 1.82) is 0 Å². The van der Waals surface area contributed by atoms with Crippen LogP contribution in [0.2, 0.25) is 0 Å². The molecule has 0 aromatic heterocycles. The van der Waals surface area contributed by atoms with Crippen LogP contribution in [0.5, 0.6) is 0 Å². The van der Waals surface area contributed by atoms with Gasteiger partial charge < -0.3 is 0 Å². The maximum absolute atomic E-state index is 13.2. The van der Waals surface area contributed by atoms with Gasteiger partial charge in [-0.1, -0.05) is 12.0 Å². The van der Waals surface area contributed by atoms with Crippen molar-refractivity contribution < 1.29 is 4.39 Å². The maximum Gasteiger partial charge on any atom is 0.145 e. The standard InChI is InChI=1S/C10H9F/c1-3-9-5-4-7-10(2,11)8-6-9/h1,4-8H,2H3. The third-order valence-electron chi connectivity index (χ3n) is 1.45. The molecule has 0 aliphatic heterocycles. The summed E-state index contributed by atoms with van der Waals surface area (Å²) in [6.45, 7) is 1.48. The third-order valence-corrected chi connectivity index (χ3v) is 1.45. The van der Waals surface area contributed by atoms with Crippen molar-refractivity contribution in [1.82, 2.24) is 0 Å². The molecule has 0 saturated carbocycles. The van der Waals surface area contributed by atoms with Gasteiger partial charge in [-0.05, 0) is 31.2 Å². The first-order chi connectivity index (χ1) is 5.14. The molecule has 1 rings (SSSR count). The first-order valence-electron chi connectivity index (χ1n) is 3.38. The van der Waals surface area contributed by atoms with Crippen LogP contribution >= 0.6 is 0 Å². The van der Waals surface area contributed by atoms with Gasteiger partial charge >= 0.3 is 0 Å². The quantitative estimate of drug-likeness (QED) is 0.463. The van der Waals surface area contributed by atoms with Gasteiger partial charge in [0.25, 0.3) is 0 Å². The lowest BCUT2D eigenvalue weighted by atomic mass is 10.1. The van der Waals surface area contributed by atoms with Crippen LogP contribution in [0.25, 0.3) is 0 Å². The van der Waals surface area contributed by atoms with Crippen molar-refractivity contribution in [2.45, 2.75) is 12.6 Å². The lowest BCUT2D eigenvalue weighted by molar-refractivity contribution is 0.328. The summed E-state index contributed by atoms with van der Waals surface area (Å²) in [5, 5.41) is 0. The number of rotatable bonds is 0. The fourth-order valence-electron chi connectivity index (χ4n) is 0.800. The summed E-state index contributed by atoms with van der Waals surface area (Å²) in [5.74, 6) is 2.44. The minimum absolute atomic E-state index is 0.697. The molecule has 1 heteroatoms. The third kappa shape index (κ3) is 2.09. The van der Waals surface area contributed by atoms with E-state index >= 15 is 0 Å². The van der Waals surface area contributed by atoms with Crippen molar-refractivity contribution >= 4 is 0 Å². The molecular formula is C10H9F. The average Bonchev–Trinajstić information content (AvgIpc) is 2.10. The van der Waals surface area contributed by atoms with E-state index in [-0.39, 0.29) is 0 Å². The molecule has 1 aliphatic carbocycles. The van der Waals surface area contributed by atoms with Gasteiger partial charge in [-0.25, -0.2) is 4.39 Å². The summed E-state index contributed by atoms with van der Waals surface area (Å²) in [6, 6.07) is 0. The van der Waals surface area contributed by atoms with Crippen LogP contribution in [0.3, 0.4) is 0 Å². The summed E-state index contributed by atoms with van der Waals surface area (Å²) < 4.78 is 13.2. The van der Waals surface area contributed by atoms with Gasteiger partial charge in [0.05, 0.1) is 0 Å². The fraction of sp³-hybridized carbons (Fsp3) is 0.200. The van der Waals surface area contributed by atoms with Gasteiger partial charge in [-0.2, -0.15) is 0 Å². The van der Waals surface area contributed by atoms with E-state index in [1.54, 1.807) is 18.2 Å². The highest BCUT2D eigenvalue weighted by molar-refractivity contribution is 5.42. The Morgan fingerprint density at radius 3 is 2.91 bits per heavy atom. The minimum Gasteiger partial charge on any atom is -0.235 e. The summed E-state index contributed by atoms with van der Waals surface area (Å²) in [5.41, 5.74) is -0.669. The predicted octanol–water partition coefficient (Wildman–Crippen LogP) is 2.40. The molecule has 0 aromatic rings. The second-order valence-corrected chi connectivity index (χ2v) is 2.61. The molecule has 0 spiro atoms. The maximum atomic E-state index is 13.2. The van der Waals surface area contributed by atoms with Gasteiger partial charge in [-0.3, -0.25) is 0 Å². The second-order valence-electron chi connectivity index (χ2n) is 2.61. The van der Waals surface area contributed by atoms with Crippen LogP contribution in [0.1, 0.15) is 6.92 Å². The number of terminal acetylenes is 1. The van der Waals surface area contributed by atoms with Crippen LogP contribution in [0.15, 0.2) is 36.0 Å². The number of hydrogen-bond donors (Lipinski definition) is 0. The largest absolute Gasteiger partial charge is 0.235 e. The normalized spacial score (nSPS) is 29.0. The molecule has 0 fully saturated rings. The molecular weight excluding hydrogens is 139 g/mol. The molecule has 1 atom stereocenters. The lowest BCUT2D eigenvalue weighted by Gasteiger charge is -2.06. The van der Waals surface area contributed by atoms with Crippen LogP contribution in [-0.2, 0) is 0 Å². The molecule has 0 radical (unpaired) electrons. The number of hydrogen-bond acceptors (Lipinski definition) is 0. The Kier molecular flexibility index (Phi) is 1.96. The zero-order valence-electron chi connectivity index (χ0n) is 6.34. The summed E-state index contributed by atoms with van der Waals surface area (Å²) in [6.07, 6.45) is 13.0. The molecule has 0 saturated heterocycles. The zero-order chi connectivity index (χ0) is 8.32. The van der Waals surface area contributed by atoms with E-state index in [9.17, 15) is 4.39 Å². The Morgan fingerprint density at radius 2 is 2.27 bits per heavy atom. The Bertz CT molecular complexity index is 272. The topological polar surface area (TPSA) is 0 Å². The van der Waals surface area contributed by atoms with Crippen LogP contribution in [0, 0.1) is 12.3 Å². The average molecular weight is 148 g/mol. The highest BCUT2D eigenvalue weighted by Gasteiger charge is 2.14. The summed E-state index contributed by atoms with van der Waals surface area (Å²) >= 11 is 0. The van der Waals surface area contributed by atoms with Gasteiger partial charge in [0.2, 0.25) is 0 Å². The van der Waals surface area contributed by atoms with Gasteiger partial charge in [0, 0.05) is 5.57 Å². The van der Waals surface area contributed by atoms with Gasteiger partial charge in [0.1, 0.15) is 5.67 Å². The van der Waals surface area contributed by atoms with Crippen LogP contribution in [-0.4, -0.2) is 5.67 Å². The fourth-order valence-corrected chi connectivity index (χ4v) is 0.800. The highest BCUT2D eigenvalue weighted by Crippen LogP contribution is 2.17. The van der Waals surface area contributed by atoms with Crippen molar-refractivity contribution in [3.8, 4) is 12.3 Å². The molecule has 0 bridgehead atoms. The minimum atomic E-state index is -1.37. The van der Waals surface area contributed by atoms with E-state index < -0.39 is 5.67 Å². The Morgan fingerprint density at radius 1 is 1.55 bits per heavy atom. The Hall–Kier alpha value is -1.29. The first-order valence-corrected chi connectivity index (χ1v) is 3.38. The van der Waals surface area contributed by atoms with E-state index in [1.807, 2.05) is 0 Å². The summed E-state index contributed by atoms with van der Waals surface area (Å²) in [4.78, 5) is 0. The van der Waals surface area contributed by atoms with Crippen molar-refractivity contribution in [3.63, 3.8) is 0 Å². The van der Waals surface area contributed by atoms with Crippen molar-refractivity contribution in [3.05, 3.63) is 36.0 Å². The SMILES string of the molecule is C#CC1=CC=CC(C)(F)C=C1. The molecule has 0 aromatic carbocycles. The van der Waals surface area contributed by atoms with E-state index in [4.69, 9.17) is 6.42 Å². The first kappa shape index (κ1) is 7.81. The molecule has 1 unspecified atom stereocenters. The highest BCUT2D eigenvalue weighted by atomic mass is 19.1. The van der Waals surface area contributed by atoms with E-state index in [1.165, 1.54) is 19.1 Å². The van der Waals surface area contributed by atoms with E-state index in [0.29, 0.717) is 5.57 Å². The molecule has 56 valence electrons. The van der Waals surface area contributed by atoms with Gasteiger partial charge in [0.15, 0.2) is 0 Å². The Labute approximate surface area is 66.1 Å². The molecule has 0 amide bonds.